The van der Waals surface area contributed by atoms with E-state index < -0.39 is 6.04 Å². The molecule has 2 amide bonds. The van der Waals surface area contributed by atoms with Crippen molar-refractivity contribution < 1.29 is 23.5 Å². The van der Waals surface area contributed by atoms with Crippen molar-refractivity contribution in [2.24, 2.45) is 0 Å². The third kappa shape index (κ3) is 4.23. The third-order valence-electron chi connectivity index (χ3n) is 4.21. The Morgan fingerprint density at radius 2 is 2.04 bits per heavy atom. The van der Waals surface area contributed by atoms with E-state index in [-0.39, 0.29) is 23.7 Å². The molecule has 1 saturated heterocycles. The van der Waals surface area contributed by atoms with E-state index in [2.05, 4.69) is 5.32 Å². The molecule has 138 valence electrons. The van der Waals surface area contributed by atoms with Crippen LogP contribution in [0.25, 0.3) is 0 Å². The molecule has 0 aliphatic carbocycles. The Labute approximate surface area is 151 Å². The average Bonchev–Trinajstić information content (AvgIpc) is 3.32. The molecule has 0 unspecified atom stereocenters. The lowest BCUT2D eigenvalue weighted by atomic mass is 10.1. The summed E-state index contributed by atoms with van der Waals surface area (Å²) in [4.78, 5) is 26.8. The summed E-state index contributed by atoms with van der Waals surface area (Å²) in [6.45, 7) is 1.12. The highest BCUT2D eigenvalue weighted by Crippen LogP contribution is 2.25. The number of methoxy groups -OCH3 is 1. The summed E-state index contributed by atoms with van der Waals surface area (Å²) in [5.41, 5.74) is 0. The predicted molar refractivity (Wildman–Crippen MR) is 93.9 cm³/mol. The van der Waals surface area contributed by atoms with Crippen LogP contribution in [0, 0.1) is 0 Å². The average molecular weight is 358 g/mol. The van der Waals surface area contributed by atoms with Gasteiger partial charge >= 0.3 is 0 Å². The SMILES string of the molecule is COCCNC(=O)[C@@H]1C[C@H](Oc2ccccc2)CN1C(=O)c1ccco1. The summed E-state index contributed by atoms with van der Waals surface area (Å²) < 4.78 is 16.1. The van der Waals surface area contributed by atoms with Crippen LogP contribution in [0.5, 0.6) is 5.75 Å². The van der Waals surface area contributed by atoms with Gasteiger partial charge in [-0.25, -0.2) is 0 Å². The molecule has 0 bridgehead atoms. The van der Waals surface area contributed by atoms with Crippen LogP contribution < -0.4 is 10.1 Å². The minimum Gasteiger partial charge on any atom is -0.488 e. The van der Waals surface area contributed by atoms with Crippen molar-refractivity contribution >= 4 is 11.8 Å². The van der Waals surface area contributed by atoms with E-state index in [1.54, 1.807) is 19.2 Å². The zero-order chi connectivity index (χ0) is 18.4. The fourth-order valence-electron chi connectivity index (χ4n) is 2.98. The summed E-state index contributed by atoms with van der Waals surface area (Å²) in [6, 6.07) is 12.0. The van der Waals surface area contributed by atoms with Gasteiger partial charge in [-0.15, -0.1) is 0 Å². The van der Waals surface area contributed by atoms with Crippen molar-refractivity contribution in [3.8, 4) is 5.75 Å². The van der Waals surface area contributed by atoms with E-state index in [1.807, 2.05) is 30.3 Å². The van der Waals surface area contributed by atoms with Gasteiger partial charge in [0.2, 0.25) is 5.91 Å². The molecule has 2 heterocycles. The molecular formula is C19H22N2O5. The normalized spacial score (nSPS) is 19.3. The zero-order valence-electron chi connectivity index (χ0n) is 14.6. The highest BCUT2D eigenvalue weighted by Gasteiger charge is 2.41. The van der Waals surface area contributed by atoms with E-state index in [0.29, 0.717) is 31.9 Å². The first-order valence-corrected chi connectivity index (χ1v) is 8.52. The third-order valence-corrected chi connectivity index (χ3v) is 4.21. The number of nitrogens with zero attached hydrogens (tertiary/aromatic N) is 1. The Balaban J connectivity index is 1.72. The molecule has 1 N–H and O–H groups in total. The number of ether oxygens (including phenoxy) is 2. The van der Waals surface area contributed by atoms with Gasteiger partial charge in [-0.2, -0.15) is 0 Å². The number of hydrogen-bond donors (Lipinski definition) is 1. The number of hydrogen-bond acceptors (Lipinski definition) is 5. The number of nitrogens with one attached hydrogen (secondary N) is 1. The van der Waals surface area contributed by atoms with Gasteiger partial charge in [-0.3, -0.25) is 9.59 Å². The van der Waals surface area contributed by atoms with E-state index in [0.717, 1.165) is 0 Å². The minimum absolute atomic E-state index is 0.208. The molecule has 0 saturated carbocycles. The fourth-order valence-corrected chi connectivity index (χ4v) is 2.98. The molecule has 7 nitrogen and oxygen atoms in total. The Morgan fingerprint density at radius 1 is 1.23 bits per heavy atom. The molecule has 1 aromatic carbocycles. The quantitative estimate of drug-likeness (QED) is 0.762. The number of carbonyl (C=O) groups is 2. The van der Waals surface area contributed by atoms with Crippen molar-refractivity contribution in [3.63, 3.8) is 0 Å². The molecule has 0 spiro atoms. The highest BCUT2D eigenvalue weighted by molar-refractivity contribution is 5.96. The van der Waals surface area contributed by atoms with Crippen molar-refractivity contribution in [1.82, 2.24) is 10.2 Å². The molecule has 2 aromatic rings. The Bertz CT molecular complexity index is 717. The number of benzene rings is 1. The first-order chi connectivity index (χ1) is 12.7. The molecule has 1 fully saturated rings. The number of para-hydroxylation sites is 1. The Kier molecular flexibility index (Phi) is 5.91. The number of carbonyl (C=O) groups excluding carboxylic acids is 2. The van der Waals surface area contributed by atoms with Crippen LogP contribution in [0.3, 0.4) is 0 Å². The van der Waals surface area contributed by atoms with Crippen LogP contribution in [0.1, 0.15) is 17.0 Å². The van der Waals surface area contributed by atoms with E-state index in [9.17, 15) is 9.59 Å². The van der Waals surface area contributed by atoms with Crippen molar-refractivity contribution in [2.45, 2.75) is 18.6 Å². The molecule has 1 aliphatic heterocycles. The molecule has 3 rings (SSSR count). The summed E-state index contributed by atoms with van der Waals surface area (Å²) in [5.74, 6) is 0.380. The Morgan fingerprint density at radius 3 is 2.73 bits per heavy atom. The molecule has 1 aromatic heterocycles. The summed E-state index contributed by atoms with van der Waals surface area (Å²) >= 11 is 0. The largest absolute Gasteiger partial charge is 0.488 e. The summed E-state index contributed by atoms with van der Waals surface area (Å²) in [5, 5.41) is 2.80. The maximum Gasteiger partial charge on any atom is 0.290 e. The Hall–Kier alpha value is -2.80. The van der Waals surface area contributed by atoms with Gasteiger partial charge in [0.25, 0.3) is 5.91 Å². The van der Waals surface area contributed by atoms with E-state index in [4.69, 9.17) is 13.9 Å². The molecular weight excluding hydrogens is 336 g/mol. The molecule has 2 atom stereocenters. The van der Waals surface area contributed by atoms with Crippen LogP contribution in [0.2, 0.25) is 0 Å². The lowest BCUT2D eigenvalue weighted by Crippen LogP contribution is -2.46. The molecule has 26 heavy (non-hydrogen) atoms. The zero-order valence-corrected chi connectivity index (χ0v) is 14.6. The highest BCUT2D eigenvalue weighted by atomic mass is 16.5. The van der Waals surface area contributed by atoms with Crippen LogP contribution in [0.4, 0.5) is 0 Å². The lowest BCUT2D eigenvalue weighted by molar-refractivity contribution is -0.125. The number of furan rings is 1. The van der Waals surface area contributed by atoms with Crippen molar-refractivity contribution in [3.05, 3.63) is 54.5 Å². The first kappa shape index (κ1) is 18.0. The van der Waals surface area contributed by atoms with Gasteiger partial charge in [0, 0.05) is 20.1 Å². The summed E-state index contributed by atoms with van der Waals surface area (Å²) in [6.07, 6.45) is 1.59. The number of likely N-dealkylation sites (tertiary alicyclic amines) is 1. The van der Waals surface area contributed by atoms with Crippen LogP contribution >= 0.6 is 0 Å². The van der Waals surface area contributed by atoms with Gasteiger partial charge < -0.3 is 24.1 Å². The summed E-state index contributed by atoms with van der Waals surface area (Å²) in [7, 11) is 1.57. The van der Waals surface area contributed by atoms with Gasteiger partial charge in [0.05, 0.1) is 19.4 Å². The van der Waals surface area contributed by atoms with Gasteiger partial charge in [-0.05, 0) is 24.3 Å². The van der Waals surface area contributed by atoms with E-state index >= 15 is 0 Å². The maximum absolute atomic E-state index is 12.7. The molecule has 1 aliphatic rings. The van der Waals surface area contributed by atoms with Crippen molar-refractivity contribution in [2.75, 3.05) is 26.8 Å². The lowest BCUT2D eigenvalue weighted by Gasteiger charge is -2.22. The first-order valence-electron chi connectivity index (χ1n) is 8.52. The number of rotatable bonds is 7. The second kappa shape index (κ2) is 8.53. The monoisotopic (exact) mass is 358 g/mol. The van der Waals surface area contributed by atoms with Gasteiger partial charge in [-0.1, -0.05) is 18.2 Å². The second-order valence-electron chi connectivity index (χ2n) is 6.02. The van der Waals surface area contributed by atoms with Crippen LogP contribution in [-0.2, 0) is 9.53 Å². The molecule has 7 heteroatoms. The van der Waals surface area contributed by atoms with Crippen LogP contribution in [0.15, 0.2) is 53.1 Å². The second-order valence-corrected chi connectivity index (χ2v) is 6.02. The van der Waals surface area contributed by atoms with Crippen LogP contribution in [-0.4, -0.2) is 55.7 Å². The fraction of sp³-hybridized carbons (Fsp3) is 0.368. The predicted octanol–water partition coefficient (Wildman–Crippen LogP) is 1.70. The number of amides is 2. The molecule has 0 radical (unpaired) electrons. The van der Waals surface area contributed by atoms with E-state index in [1.165, 1.54) is 11.2 Å². The standard InChI is InChI=1S/C19H22N2O5/c1-24-11-9-20-18(22)16-12-15(26-14-6-3-2-4-7-14)13-21(16)19(23)17-8-5-10-25-17/h2-8,10,15-16H,9,11-13H2,1H3,(H,20,22)/t15-,16-/m0/s1. The topological polar surface area (TPSA) is 81.0 Å². The maximum atomic E-state index is 12.7. The van der Waals surface area contributed by atoms with Gasteiger partial charge in [0.1, 0.15) is 17.9 Å². The van der Waals surface area contributed by atoms with Crippen molar-refractivity contribution in [1.29, 1.82) is 0 Å². The van der Waals surface area contributed by atoms with Gasteiger partial charge in [0.15, 0.2) is 5.76 Å². The minimum atomic E-state index is -0.613. The smallest absolute Gasteiger partial charge is 0.290 e.